The number of anilines is 1. The molecular formula is C29H33ClN4O2. The number of piperidine rings is 1. The fourth-order valence-electron chi connectivity index (χ4n) is 5.14. The number of nitrogen functional groups attached to an aromatic ring is 1. The van der Waals surface area contributed by atoms with Crippen molar-refractivity contribution in [1.82, 2.24) is 14.8 Å². The highest BCUT2D eigenvalue weighted by atomic mass is 35.5. The van der Waals surface area contributed by atoms with Crippen LogP contribution in [0.1, 0.15) is 47.2 Å². The van der Waals surface area contributed by atoms with E-state index >= 15 is 0 Å². The van der Waals surface area contributed by atoms with Crippen molar-refractivity contribution in [1.29, 1.82) is 0 Å². The van der Waals surface area contributed by atoms with Crippen LogP contribution in [0.15, 0.2) is 54.7 Å². The molecule has 2 aromatic carbocycles. The number of nitrogens with zero attached hydrogens (tertiary/aromatic N) is 3. The van der Waals surface area contributed by atoms with Gasteiger partial charge in [-0.1, -0.05) is 35.9 Å². The van der Waals surface area contributed by atoms with Crippen LogP contribution in [0.4, 0.5) is 5.82 Å². The Hall–Kier alpha value is -3.09. The molecule has 7 heteroatoms. The topological polar surface area (TPSA) is 71.7 Å². The number of hydrogen-bond acceptors (Lipinski definition) is 5. The maximum Gasteiger partial charge on any atom is 0.253 e. The predicted octanol–water partition coefficient (Wildman–Crippen LogP) is 5.57. The van der Waals surface area contributed by atoms with Crippen molar-refractivity contribution in [3.05, 3.63) is 76.4 Å². The Morgan fingerprint density at radius 1 is 1.03 bits per heavy atom. The van der Waals surface area contributed by atoms with Gasteiger partial charge in [-0.2, -0.15) is 0 Å². The number of ether oxygens (including phenoxy) is 1. The summed E-state index contributed by atoms with van der Waals surface area (Å²) < 4.78 is 5.96. The first-order valence-corrected chi connectivity index (χ1v) is 13.1. The summed E-state index contributed by atoms with van der Waals surface area (Å²) in [5.74, 6) is 0.962. The van der Waals surface area contributed by atoms with Crippen LogP contribution in [0.2, 0.25) is 5.02 Å². The second kappa shape index (κ2) is 10.9. The van der Waals surface area contributed by atoms with E-state index in [4.69, 9.17) is 22.1 Å². The van der Waals surface area contributed by atoms with Crippen LogP contribution in [0.25, 0.3) is 11.1 Å². The van der Waals surface area contributed by atoms with Crippen molar-refractivity contribution in [2.75, 3.05) is 31.9 Å². The molecule has 6 nitrogen and oxygen atoms in total. The van der Waals surface area contributed by atoms with Crippen molar-refractivity contribution in [2.24, 2.45) is 0 Å². The quantitative estimate of drug-likeness (QED) is 0.475. The van der Waals surface area contributed by atoms with E-state index < -0.39 is 0 Å². The van der Waals surface area contributed by atoms with Gasteiger partial charge in [0.05, 0.1) is 0 Å². The molecule has 0 bridgehead atoms. The lowest BCUT2D eigenvalue weighted by molar-refractivity contribution is 0.0644. The highest BCUT2D eigenvalue weighted by Crippen LogP contribution is 2.29. The molecule has 5 rings (SSSR count). The maximum atomic E-state index is 13.1. The van der Waals surface area contributed by atoms with Crippen molar-refractivity contribution < 1.29 is 9.53 Å². The summed E-state index contributed by atoms with van der Waals surface area (Å²) in [6, 6.07) is 16.1. The molecule has 2 N–H and O–H groups in total. The number of aryl methyl sites for hydroxylation is 1. The zero-order valence-electron chi connectivity index (χ0n) is 20.8. The number of likely N-dealkylation sites (tertiary alicyclic amines) is 2. The molecule has 0 spiro atoms. The molecule has 3 heterocycles. The van der Waals surface area contributed by atoms with Gasteiger partial charge in [0.15, 0.2) is 11.6 Å². The SMILES string of the molecule is Cc1ccc(COc2cc(-c3ccc(C(=O)N4CCC(N5CCCC5)CC4)cc3)cnc2N)cc1Cl. The lowest BCUT2D eigenvalue weighted by Crippen LogP contribution is -2.45. The largest absolute Gasteiger partial charge is 0.485 e. The summed E-state index contributed by atoms with van der Waals surface area (Å²) in [7, 11) is 0. The fraction of sp³-hybridized carbons (Fsp3) is 0.379. The minimum absolute atomic E-state index is 0.109. The first kappa shape index (κ1) is 24.6. The normalized spacial score (nSPS) is 16.9. The monoisotopic (exact) mass is 504 g/mol. The smallest absolute Gasteiger partial charge is 0.253 e. The molecule has 2 aliphatic heterocycles. The van der Waals surface area contributed by atoms with Crippen LogP contribution in [-0.2, 0) is 6.61 Å². The van der Waals surface area contributed by atoms with Gasteiger partial charge in [0.2, 0.25) is 0 Å². The number of aromatic nitrogens is 1. The van der Waals surface area contributed by atoms with E-state index in [1.54, 1.807) is 6.20 Å². The van der Waals surface area contributed by atoms with Crippen LogP contribution in [-0.4, -0.2) is 52.9 Å². The Labute approximate surface area is 218 Å². The standard InChI is InChI=1S/C29H33ClN4O2/c1-20-4-5-21(16-26(20)30)19-36-27-17-24(18-32-28(27)31)22-6-8-23(9-7-22)29(35)34-14-10-25(11-15-34)33-12-2-3-13-33/h4-9,16-18,25H,2-3,10-15,19H2,1H3,(H2,31,32). The lowest BCUT2D eigenvalue weighted by Gasteiger charge is -2.36. The predicted molar refractivity (Wildman–Crippen MR) is 144 cm³/mol. The molecule has 3 aromatic rings. The third-order valence-electron chi connectivity index (χ3n) is 7.39. The summed E-state index contributed by atoms with van der Waals surface area (Å²) in [6.07, 6.45) is 6.48. The van der Waals surface area contributed by atoms with Crippen LogP contribution in [0, 0.1) is 6.92 Å². The van der Waals surface area contributed by atoms with Crippen molar-refractivity contribution >= 4 is 23.3 Å². The second-order valence-electron chi connectivity index (χ2n) is 9.82. The van der Waals surface area contributed by atoms with Gasteiger partial charge >= 0.3 is 0 Å². The molecule has 0 saturated carbocycles. The van der Waals surface area contributed by atoms with Crippen molar-refractivity contribution in [3.8, 4) is 16.9 Å². The number of pyridine rings is 1. The third kappa shape index (κ3) is 5.50. The molecule has 36 heavy (non-hydrogen) atoms. The number of nitrogens with two attached hydrogens (primary N) is 1. The number of amides is 1. The number of carbonyl (C=O) groups excluding carboxylic acids is 1. The van der Waals surface area contributed by atoms with Gasteiger partial charge in [0.1, 0.15) is 6.61 Å². The van der Waals surface area contributed by atoms with E-state index in [1.807, 2.05) is 60.4 Å². The van der Waals surface area contributed by atoms with Gasteiger partial charge in [-0.15, -0.1) is 0 Å². The van der Waals surface area contributed by atoms with E-state index in [9.17, 15) is 4.79 Å². The number of rotatable bonds is 6. The Morgan fingerprint density at radius 3 is 2.44 bits per heavy atom. The second-order valence-corrected chi connectivity index (χ2v) is 10.2. The van der Waals surface area contributed by atoms with Crippen LogP contribution in [0.3, 0.4) is 0 Å². The van der Waals surface area contributed by atoms with Gasteiger partial charge in [0.25, 0.3) is 5.91 Å². The maximum absolute atomic E-state index is 13.1. The van der Waals surface area contributed by atoms with Gasteiger partial charge in [0, 0.05) is 41.5 Å². The number of benzene rings is 2. The Balaban J connectivity index is 1.22. The Bertz CT molecular complexity index is 1220. The molecule has 0 atom stereocenters. The summed E-state index contributed by atoms with van der Waals surface area (Å²) in [4.78, 5) is 22.0. The van der Waals surface area contributed by atoms with Crippen molar-refractivity contribution in [2.45, 2.75) is 45.3 Å². The summed E-state index contributed by atoms with van der Waals surface area (Å²) >= 11 is 6.23. The van der Waals surface area contributed by atoms with E-state index in [0.717, 1.165) is 53.7 Å². The van der Waals surface area contributed by atoms with Gasteiger partial charge in [-0.05, 0) is 86.7 Å². The van der Waals surface area contributed by atoms with E-state index in [-0.39, 0.29) is 5.91 Å². The van der Waals surface area contributed by atoms with E-state index in [1.165, 1.54) is 25.9 Å². The molecule has 1 amide bonds. The van der Waals surface area contributed by atoms with Gasteiger partial charge in [-0.3, -0.25) is 4.79 Å². The molecule has 0 unspecified atom stereocenters. The molecule has 2 fully saturated rings. The van der Waals surface area contributed by atoms with E-state index in [0.29, 0.717) is 29.2 Å². The number of carbonyl (C=O) groups is 1. The first-order valence-electron chi connectivity index (χ1n) is 12.7. The summed E-state index contributed by atoms with van der Waals surface area (Å²) in [6.45, 7) is 6.40. The van der Waals surface area contributed by atoms with Gasteiger partial charge < -0.3 is 20.3 Å². The number of hydrogen-bond donors (Lipinski definition) is 1. The first-order chi connectivity index (χ1) is 17.5. The minimum atomic E-state index is 0.109. The zero-order valence-corrected chi connectivity index (χ0v) is 21.5. The minimum Gasteiger partial charge on any atom is -0.485 e. The fourth-order valence-corrected chi connectivity index (χ4v) is 5.35. The molecule has 0 aliphatic carbocycles. The highest BCUT2D eigenvalue weighted by Gasteiger charge is 2.28. The average Bonchev–Trinajstić information content (AvgIpc) is 3.45. The summed E-state index contributed by atoms with van der Waals surface area (Å²) in [5, 5.41) is 0.710. The van der Waals surface area contributed by atoms with Crippen LogP contribution >= 0.6 is 11.6 Å². The average molecular weight is 505 g/mol. The van der Waals surface area contributed by atoms with Crippen LogP contribution in [0.5, 0.6) is 5.75 Å². The summed E-state index contributed by atoms with van der Waals surface area (Å²) in [5.41, 5.74) is 10.6. The van der Waals surface area contributed by atoms with Crippen LogP contribution < -0.4 is 10.5 Å². The molecule has 188 valence electrons. The Kier molecular flexibility index (Phi) is 7.44. The molecule has 1 aromatic heterocycles. The molecular weight excluding hydrogens is 472 g/mol. The number of halogens is 1. The van der Waals surface area contributed by atoms with E-state index in [2.05, 4.69) is 9.88 Å². The lowest BCUT2D eigenvalue weighted by atomic mass is 10.0. The Morgan fingerprint density at radius 2 is 1.75 bits per heavy atom. The van der Waals surface area contributed by atoms with Crippen molar-refractivity contribution in [3.63, 3.8) is 0 Å². The zero-order chi connectivity index (χ0) is 25.1. The van der Waals surface area contributed by atoms with Gasteiger partial charge in [-0.25, -0.2) is 4.98 Å². The third-order valence-corrected chi connectivity index (χ3v) is 7.79. The molecule has 0 radical (unpaired) electrons. The molecule has 2 saturated heterocycles. The molecule has 2 aliphatic rings. The highest BCUT2D eigenvalue weighted by molar-refractivity contribution is 6.31.